The zero-order valence-corrected chi connectivity index (χ0v) is 14.3. The van der Waals surface area contributed by atoms with Gasteiger partial charge in [0.25, 0.3) is 5.91 Å². The summed E-state index contributed by atoms with van der Waals surface area (Å²) in [6.45, 7) is 6.23. The lowest BCUT2D eigenvalue weighted by Gasteiger charge is -2.38. The number of aryl methyl sites for hydroxylation is 1. The third kappa shape index (κ3) is 3.85. The molecule has 1 N–H and O–H groups in total. The van der Waals surface area contributed by atoms with Gasteiger partial charge in [0.2, 0.25) is 5.91 Å². The topological polar surface area (TPSA) is 52.7 Å². The van der Waals surface area contributed by atoms with Crippen molar-refractivity contribution in [3.8, 4) is 0 Å². The number of amides is 2. The highest BCUT2D eigenvalue weighted by Gasteiger charge is 2.32. The number of nitrogens with zero attached hydrogens (tertiary/aromatic N) is 2. The Morgan fingerprint density at radius 1 is 1.04 bits per heavy atom. The highest BCUT2D eigenvalue weighted by atomic mass is 35.5. The molecule has 2 amide bonds. The fourth-order valence-electron chi connectivity index (χ4n) is 2.92. The third-order valence-electron chi connectivity index (χ3n) is 4.62. The summed E-state index contributed by atoms with van der Waals surface area (Å²) < 4.78 is 0. The predicted octanol–water partition coefficient (Wildman–Crippen LogP) is 1.17. The number of carbonyl (C=O) groups is 2. The third-order valence-corrected chi connectivity index (χ3v) is 4.62. The normalized spacial score (nSPS) is 18.1. The van der Waals surface area contributed by atoms with E-state index in [0.717, 1.165) is 25.1 Å². The minimum Gasteiger partial charge on any atom is -0.339 e. The van der Waals surface area contributed by atoms with E-state index in [9.17, 15) is 9.59 Å². The van der Waals surface area contributed by atoms with Crippen LogP contribution in [-0.4, -0.2) is 60.9 Å². The van der Waals surface area contributed by atoms with E-state index in [0.29, 0.717) is 26.2 Å². The van der Waals surface area contributed by atoms with Crippen molar-refractivity contribution in [1.29, 1.82) is 0 Å². The van der Waals surface area contributed by atoms with Gasteiger partial charge in [-0.1, -0.05) is 19.1 Å². The van der Waals surface area contributed by atoms with Crippen LogP contribution in [0.2, 0.25) is 0 Å². The van der Waals surface area contributed by atoms with Crippen LogP contribution in [0.15, 0.2) is 24.3 Å². The molecule has 0 bridgehead atoms. The average molecular weight is 338 g/mol. The van der Waals surface area contributed by atoms with Crippen molar-refractivity contribution in [1.82, 2.24) is 15.1 Å². The summed E-state index contributed by atoms with van der Waals surface area (Å²) in [4.78, 5) is 28.4. The van der Waals surface area contributed by atoms with Crippen molar-refractivity contribution in [3.63, 3.8) is 0 Å². The van der Waals surface area contributed by atoms with E-state index in [1.54, 1.807) is 0 Å². The molecule has 23 heavy (non-hydrogen) atoms. The molecule has 0 atom stereocenters. The molecule has 3 rings (SSSR count). The van der Waals surface area contributed by atoms with Gasteiger partial charge in [0.1, 0.15) is 0 Å². The van der Waals surface area contributed by atoms with Gasteiger partial charge in [0, 0.05) is 44.8 Å². The van der Waals surface area contributed by atoms with E-state index < -0.39 is 0 Å². The highest BCUT2D eigenvalue weighted by Crippen LogP contribution is 2.14. The van der Waals surface area contributed by atoms with Crippen molar-refractivity contribution >= 4 is 24.2 Å². The first kappa shape index (κ1) is 17.8. The van der Waals surface area contributed by atoms with Crippen LogP contribution in [0.1, 0.15) is 22.8 Å². The van der Waals surface area contributed by atoms with Gasteiger partial charge in [0.05, 0.1) is 5.92 Å². The van der Waals surface area contributed by atoms with Gasteiger partial charge in [-0.05, 0) is 24.1 Å². The van der Waals surface area contributed by atoms with Gasteiger partial charge in [-0.2, -0.15) is 0 Å². The molecule has 126 valence electrons. The summed E-state index contributed by atoms with van der Waals surface area (Å²) in [5, 5.41) is 3.13. The fourth-order valence-corrected chi connectivity index (χ4v) is 2.92. The van der Waals surface area contributed by atoms with Crippen LogP contribution < -0.4 is 5.32 Å². The number of hydrogen-bond donors (Lipinski definition) is 1. The van der Waals surface area contributed by atoms with E-state index in [1.807, 2.05) is 34.1 Å². The van der Waals surface area contributed by atoms with Gasteiger partial charge < -0.3 is 15.1 Å². The lowest BCUT2D eigenvalue weighted by molar-refractivity contribution is -0.138. The Morgan fingerprint density at radius 2 is 1.61 bits per heavy atom. The van der Waals surface area contributed by atoms with E-state index in [-0.39, 0.29) is 30.1 Å². The monoisotopic (exact) mass is 337 g/mol. The second-order valence-corrected chi connectivity index (χ2v) is 6.02. The second kappa shape index (κ2) is 7.79. The number of hydrogen-bond acceptors (Lipinski definition) is 3. The van der Waals surface area contributed by atoms with Crippen molar-refractivity contribution in [2.45, 2.75) is 13.3 Å². The number of benzene rings is 1. The molecule has 6 heteroatoms. The Labute approximate surface area is 143 Å². The van der Waals surface area contributed by atoms with Crippen LogP contribution >= 0.6 is 12.4 Å². The molecule has 2 aliphatic heterocycles. The van der Waals surface area contributed by atoms with E-state index in [1.165, 1.54) is 5.56 Å². The molecule has 5 nitrogen and oxygen atoms in total. The molecule has 0 saturated carbocycles. The van der Waals surface area contributed by atoms with E-state index in [4.69, 9.17) is 0 Å². The number of nitrogens with one attached hydrogen (secondary N) is 1. The summed E-state index contributed by atoms with van der Waals surface area (Å²) in [5.41, 5.74) is 1.97. The van der Waals surface area contributed by atoms with Crippen LogP contribution in [-0.2, 0) is 11.2 Å². The predicted molar refractivity (Wildman–Crippen MR) is 91.9 cm³/mol. The fraction of sp³-hybridized carbons (Fsp3) is 0.529. The minimum absolute atomic E-state index is 0. The summed E-state index contributed by atoms with van der Waals surface area (Å²) in [7, 11) is 0. The average Bonchev–Trinajstić information content (AvgIpc) is 2.53. The Hall–Kier alpha value is -1.59. The summed E-state index contributed by atoms with van der Waals surface area (Å²) in [6.07, 6.45) is 0.977. The Kier molecular flexibility index (Phi) is 6.02. The summed E-state index contributed by atoms with van der Waals surface area (Å²) in [6, 6.07) is 7.82. The molecule has 0 unspecified atom stereocenters. The SMILES string of the molecule is CCc1ccc(C(=O)N2CCN(C(=O)C3CNC3)CC2)cc1.Cl. The van der Waals surface area contributed by atoms with Gasteiger partial charge in [0.15, 0.2) is 0 Å². The molecule has 1 aromatic carbocycles. The number of rotatable bonds is 3. The molecule has 2 aliphatic rings. The Bertz CT molecular complexity index is 549. The first-order valence-corrected chi connectivity index (χ1v) is 8.06. The zero-order chi connectivity index (χ0) is 15.5. The van der Waals surface area contributed by atoms with Crippen molar-refractivity contribution in [2.75, 3.05) is 39.3 Å². The summed E-state index contributed by atoms with van der Waals surface area (Å²) >= 11 is 0. The molecule has 0 radical (unpaired) electrons. The standard InChI is InChI=1S/C17H23N3O2.ClH/c1-2-13-3-5-14(6-4-13)16(21)19-7-9-20(10-8-19)17(22)15-11-18-12-15;/h3-6,15,18H,2,7-12H2,1H3;1H. The van der Waals surface area contributed by atoms with Crippen molar-refractivity contribution < 1.29 is 9.59 Å². The first-order chi connectivity index (χ1) is 10.7. The van der Waals surface area contributed by atoms with Gasteiger partial charge in [-0.15, -0.1) is 12.4 Å². The van der Waals surface area contributed by atoms with Gasteiger partial charge >= 0.3 is 0 Å². The maximum absolute atomic E-state index is 12.5. The van der Waals surface area contributed by atoms with Gasteiger partial charge in [-0.3, -0.25) is 9.59 Å². The molecule has 1 aromatic rings. The van der Waals surface area contributed by atoms with Crippen LogP contribution in [0.4, 0.5) is 0 Å². The summed E-state index contributed by atoms with van der Waals surface area (Å²) in [5.74, 6) is 0.446. The molecule has 0 spiro atoms. The van der Waals surface area contributed by atoms with Crippen molar-refractivity contribution in [3.05, 3.63) is 35.4 Å². The second-order valence-electron chi connectivity index (χ2n) is 6.02. The highest BCUT2D eigenvalue weighted by molar-refractivity contribution is 5.94. The Morgan fingerprint density at radius 3 is 2.09 bits per heavy atom. The zero-order valence-electron chi connectivity index (χ0n) is 13.5. The molecule has 2 saturated heterocycles. The minimum atomic E-state index is 0. The maximum Gasteiger partial charge on any atom is 0.253 e. The molecular weight excluding hydrogens is 314 g/mol. The number of piperazine rings is 1. The van der Waals surface area contributed by atoms with Crippen LogP contribution in [0.25, 0.3) is 0 Å². The molecule has 0 aromatic heterocycles. The lowest BCUT2D eigenvalue weighted by Crippen LogP contribution is -2.57. The maximum atomic E-state index is 12.5. The molecule has 2 fully saturated rings. The quantitative estimate of drug-likeness (QED) is 0.901. The number of halogens is 1. The lowest BCUT2D eigenvalue weighted by atomic mass is 10.0. The van der Waals surface area contributed by atoms with Crippen LogP contribution in [0.3, 0.4) is 0 Å². The molecular formula is C17H24ClN3O2. The van der Waals surface area contributed by atoms with Gasteiger partial charge in [-0.25, -0.2) is 0 Å². The largest absolute Gasteiger partial charge is 0.339 e. The smallest absolute Gasteiger partial charge is 0.253 e. The Balaban J connectivity index is 0.00000192. The number of carbonyl (C=O) groups excluding carboxylic acids is 2. The molecule has 0 aliphatic carbocycles. The van der Waals surface area contributed by atoms with Crippen LogP contribution in [0, 0.1) is 5.92 Å². The van der Waals surface area contributed by atoms with E-state index in [2.05, 4.69) is 12.2 Å². The van der Waals surface area contributed by atoms with Crippen LogP contribution in [0.5, 0.6) is 0 Å². The van der Waals surface area contributed by atoms with Crippen molar-refractivity contribution in [2.24, 2.45) is 5.92 Å². The van der Waals surface area contributed by atoms with E-state index >= 15 is 0 Å². The first-order valence-electron chi connectivity index (χ1n) is 8.06. The molecule has 2 heterocycles.